The molecule has 0 saturated heterocycles. The highest BCUT2D eigenvalue weighted by atomic mass is 16.1. The van der Waals surface area contributed by atoms with E-state index in [9.17, 15) is 4.79 Å². The quantitative estimate of drug-likeness (QED) is 0.940. The van der Waals surface area contributed by atoms with Crippen LogP contribution in [0, 0.1) is 0 Å². The fourth-order valence-corrected chi connectivity index (χ4v) is 4.18. The van der Waals surface area contributed by atoms with Crippen molar-refractivity contribution in [3.8, 4) is 0 Å². The second-order valence-corrected chi connectivity index (χ2v) is 6.95. The summed E-state index contributed by atoms with van der Waals surface area (Å²) in [6.45, 7) is 0.466. The van der Waals surface area contributed by atoms with E-state index in [0.717, 1.165) is 18.7 Å². The van der Waals surface area contributed by atoms with Gasteiger partial charge in [-0.05, 0) is 36.8 Å². The molecule has 1 amide bonds. The van der Waals surface area contributed by atoms with Crippen molar-refractivity contribution >= 4 is 5.91 Å². The summed E-state index contributed by atoms with van der Waals surface area (Å²) in [4.78, 5) is 12.6. The number of carbonyl (C=O) groups excluding carboxylic acids is 1. The van der Waals surface area contributed by atoms with Crippen LogP contribution in [0.1, 0.15) is 67.4 Å². The molecule has 1 atom stereocenters. The van der Waals surface area contributed by atoms with Crippen molar-refractivity contribution < 1.29 is 4.79 Å². The molecule has 1 aromatic heterocycles. The Morgan fingerprint density at radius 3 is 2.88 bits per heavy atom. The molecule has 2 aliphatic rings. The zero-order valence-electron chi connectivity index (χ0n) is 13.9. The second kappa shape index (κ2) is 6.75. The fourth-order valence-electron chi connectivity index (χ4n) is 4.18. The first kappa shape index (κ1) is 15.4. The Morgan fingerprint density at radius 2 is 2.00 bits per heavy atom. The molecule has 2 aliphatic carbocycles. The highest BCUT2D eigenvalue weighted by Crippen LogP contribution is 2.33. The molecule has 1 heterocycles. The van der Waals surface area contributed by atoms with Gasteiger partial charge in [0.25, 0.3) is 0 Å². The van der Waals surface area contributed by atoms with Crippen molar-refractivity contribution in [3.05, 3.63) is 47.5 Å². The predicted octanol–water partition coefficient (Wildman–Crippen LogP) is 3.13. The highest BCUT2D eigenvalue weighted by Gasteiger charge is 2.28. The summed E-state index contributed by atoms with van der Waals surface area (Å²) in [6.07, 6.45) is 9.96. The first-order chi connectivity index (χ1) is 11.8. The Labute approximate surface area is 142 Å². The summed E-state index contributed by atoms with van der Waals surface area (Å²) >= 11 is 0. The molecule has 0 spiro atoms. The number of benzene rings is 1. The number of hydrogen-bond donors (Lipinski definition) is 1. The smallest absolute Gasteiger partial charge is 0.227 e. The summed E-state index contributed by atoms with van der Waals surface area (Å²) in [5.41, 5.74) is 2.49. The Balaban J connectivity index is 1.41. The van der Waals surface area contributed by atoms with E-state index in [-0.39, 0.29) is 11.8 Å². The lowest BCUT2D eigenvalue weighted by Crippen LogP contribution is -2.29. The van der Waals surface area contributed by atoms with Gasteiger partial charge in [0.2, 0.25) is 5.91 Å². The molecule has 4 rings (SSSR count). The molecule has 0 aliphatic heterocycles. The van der Waals surface area contributed by atoms with Gasteiger partial charge in [-0.1, -0.05) is 43.5 Å². The number of carbonyl (C=O) groups is 1. The number of rotatable bonds is 4. The predicted molar refractivity (Wildman–Crippen MR) is 91.5 cm³/mol. The Morgan fingerprint density at radius 1 is 1.17 bits per heavy atom. The van der Waals surface area contributed by atoms with Gasteiger partial charge in [-0.25, -0.2) is 0 Å². The van der Waals surface area contributed by atoms with Crippen LogP contribution < -0.4 is 5.32 Å². The maximum absolute atomic E-state index is 12.6. The van der Waals surface area contributed by atoms with E-state index in [1.165, 1.54) is 43.2 Å². The van der Waals surface area contributed by atoms with Crippen LogP contribution in [0.5, 0.6) is 0 Å². The van der Waals surface area contributed by atoms with Crippen molar-refractivity contribution in [1.82, 2.24) is 20.1 Å². The Hall–Kier alpha value is -2.17. The van der Waals surface area contributed by atoms with E-state index in [4.69, 9.17) is 0 Å². The molecule has 5 heteroatoms. The van der Waals surface area contributed by atoms with Crippen molar-refractivity contribution in [2.45, 2.75) is 63.5 Å². The van der Waals surface area contributed by atoms with Crippen LogP contribution >= 0.6 is 0 Å². The van der Waals surface area contributed by atoms with E-state index in [1.807, 2.05) is 18.5 Å². The van der Waals surface area contributed by atoms with Crippen LogP contribution in [-0.4, -0.2) is 20.7 Å². The molecule has 0 radical (unpaired) electrons. The average molecular weight is 324 g/mol. The van der Waals surface area contributed by atoms with Crippen LogP contribution in [0.25, 0.3) is 0 Å². The lowest BCUT2D eigenvalue weighted by molar-refractivity contribution is -0.122. The van der Waals surface area contributed by atoms with Crippen LogP contribution in [0.4, 0.5) is 0 Å². The summed E-state index contributed by atoms with van der Waals surface area (Å²) in [5, 5.41) is 11.4. The van der Waals surface area contributed by atoms with Crippen molar-refractivity contribution in [2.24, 2.45) is 0 Å². The zero-order chi connectivity index (χ0) is 16.4. The Bertz CT molecular complexity index is 718. The van der Waals surface area contributed by atoms with Crippen LogP contribution in [0.3, 0.4) is 0 Å². The number of nitrogens with zero attached hydrogens (tertiary/aromatic N) is 3. The lowest BCUT2D eigenvalue weighted by Gasteiger charge is -2.24. The first-order valence-electron chi connectivity index (χ1n) is 9.07. The molecule has 1 fully saturated rings. The minimum Gasteiger partial charge on any atom is -0.348 e. The molecular formula is C19H24N4O. The molecule has 5 nitrogen and oxygen atoms in total. The van der Waals surface area contributed by atoms with Gasteiger partial charge in [0, 0.05) is 6.04 Å². The normalized spacial score (nSPS) is 20.8. The summed E-state index contributed by atoms with van der Waals surface area (Å²) in [5.74, 6) is 0.965. The molecule has 2 aromatic rings. The van der Waals surface area contributed by atoms with Gasteiger partial charge in [0.05, 0.1) is 12.5 Å². The third-order valence-electron chi connectivity index (χ3n) is 5.49. The largest absolute Gasteiger partial charge is 0.348 e. The minimum absolute atomic E-state index is 0.0211. The third-order valence-corrected chi connectivity index (χ3v) is 5.49. The number of fused-ring (bicyclic) bond motifs is 1. The van der Waals surface area contributed by atoms with Gasteiger partial charge in [0.1, 0.15) is 6.33 Å². The molecule has 126 valence electrons. The molecule has 0 unspecified atom stereocenters. The van der Waals surface area contributed by atoms with E-state index >= 15 is 0 Å². The summed E-state index contributed by atoms with van der Waals surface area (Å²) in [7, 11) is 0. The standard InChI is InChI=1S/C19H24N4O/c24-19(17-11-10-14-6-4-5-9-16(14)17)20-12-18-22-21-13-23(18)15-7-2-1-3-8-15/h4-6,9,13,15,17H,1-3,7-8,10-12H2,(H,20,24)/t17-/m1/s1. The van der Waals surface area contributed by atoms with Gasteiger partial charge >= 0.3 is 0 Å². The zero-order valence-corrected chi connectivity index (χ0v) is 13.9. The summed E-state index contributed by atoms with van der Waals surface area (Å²) < 4.78 is 2.17. The van der Waals surface area contributed by atoms with Gasteiger partial charge in [-0.3, -0.25) is 4.79 Å². The fraction of sp³-hybridized carbons (Fsp3) is 0.526. The molecule has 1 N–H and O–H groups in total. The maximum atomic E-state index is 12.6. The minimum atomic E-state index is -0.0211. The number of nitrogens with one attached hydrogen (secondary N) is 1. The number of amides is 1. The van der Waals surface area contributed by atoms with Crippen molar-refractivity contribution in [2.75, 3.05) is 0 Å². The average Bonchev–Trinajstić information content (AvgIpc) is 3.27. The van der Waals surface area contributed by atoms with Gasteiger partial charge < -0.3 is 9.88 Å². The SMILES string of the molecule is O=C(NCc1nncn1C1CCCCC1)[C@@H]1CCc2ccccc21. The van der Waals surface area contributed by atoms with E-state index in [0.29, 0.717) is 12.6 Å². The topological polar surface area (TPSA) is 59.8 Å². The van der Waals surface area contributed by atoms with Gasteiger partial charge in [-0.2, -0.15) is 0 Å². The van der Waals surface area contributed by atoms with Gasteiger partial charge in [-0.15, -0.1) is 10.2 Å². The first-order valence-corrected chi connectivity index (χ1v) is 9.07. The lowest BCUT2D eigenvalue weighted by atomic mass is 9.95. The molecule has 24 heavy (non-hydrogen) atoms. The maximum Gasteiger partial charge on any atom is 0.227 e. The van der Waals surface area contributed by atoms with E-state index in [2.05, 4.69) is 32.2 Å². The van der Waals surface area contributed by atoms with E-state index in [1.54, 1.807) is 0 Å². The molecular weight excluding hydrogens is 300 g/mol. The van der Waals surface area contributed by atoms with Crippen molar-refractivity contribution in [3.63, 3.8) is 0 Å². The van der Waals surface area contributed by atoms with Crippen LogP contribution in [-0.2, 0) is 17.8 Å². The Kier molecular flexibility index (Phi) is 4.32. The third kappa shape index (κ3) is 2.95. The van der Waals surface area contributed by atoms with E-state index < -0.39 is 0 Å². The number of hydrogen-bond acceptors (Lipinski definition) is 3. The van der Waals surface area contributed by atoms with Crippen LogP contribution in [0.2, 0.25) is 0 Å². The second-order valence-electron chi connectivity index (χ2n) is 6.95. The van der Waals surface area contributed by atoms with Crippen LogP contribution in [0.15, 0.2) is 30.6 Å². The monoisotopic (exact) mass is 324 g/mol. The summed E-state index contributed by atoms with van der Waals surface area (Å²) in [6, 6.07) is 8.77. The number of aryl methyl sites for hydroxylation is 1. The van der Waals surface area contributed by atoms with Gasteiger partial charge in [0.15, 0.2) is 5.82 Å². The number of aromatic nitrogens is 3. The molecule has 1 saturated carbocycles. The molecule has 0 bridgehead atoms. The van der Waals surface area contributed by atoms with Crippen molar-refractivity contribution in [1.29, 1.82) is 0 Å². The highest BCUT2D eigenvalue weighted by molar-refractivity contribution is 5.84. The molecule has 1 aromatic carbocycles.